The molecule has 10 nitrogen and oxygen atoms in total. The lowest BCUT2D eigenvalue weighted by Gasteiger charge is -2.34. The first-order valence-electron chi connectivity index (χ1n) is 11.3. The van der Waals surface area contributed by atoms with Crippen LogP contribution in [0.1, 0.15) is 38.7 Å². The molecule has 188 valence electrons. The zero-order valence-electron chi connectivity index (χ0n) is 19.8. The van der Waals surface area contributed by atoms with Crippen LogP contribution in [0.15, 0.2) is 30.6 Å². The molecule has 2 aromatic rings. The van der Waals surface area contributed by atoms with Crippen molar-refractivity contribution in [3.8, 4) is 17.1 Å². The van der Waals surface area contributed by atoms with Crippen molar-refractivity contribution in [2.45, 2.75) is 45.3 Å². The number of esters is 1. The molecule has 1 saturated heterocycles. The van der Waals surface area contributed by atoms with Crippen LogP contribution in [0, 0.1) is 17.1 Å². The third kappa shape index (κ3) is 7.19. The molecule has 0 aliphatic carbocycles. The normalized spacial score (nSPS) is 14.5. The number of amides is 1. The van der Waals surface area contributed by atoms with E-state index in [4.69, 9.17) is 20.6 Å². The Morgan fingerprint density at radius 2 is 1.91 bits per heavy atom. The predicted octanol–water partition coefficient (Wildman–Crippen LogP) is 2.04. The lowest BCUT2D eigenvalue weighted by Crippen LogP contribution is -2.48. The van der Waals surface area contributed by atoms with E-state index in [1.54, 1.807) is 17.0 Å². The summed E-state index contributed by atoms with van der Waals surface area (Å²) in [6.45, 7) is 4.18. The Morgan fingerprint density at radius 1 is 1.26 bits per heavy atom. The van der Waals surface area contributed by atoms with Crippen molar-refractivity contribution in [2.75, 3.05) is 19.7 Å². The van der Waals surface area contributed by atoms with Crippen molar-refractivity contribution in [2.24, 2.45) is 11.7 Å². The van der Waals surface area contributed by atoms with Crippen molar-refractivity contribution in [1.29, 1.82) is 5.41 Å². The van der Waals surface area contributed by atoms with Gasteiger partial charge in [-0.05, 0) is 32.6 Å². The molecule has 1 fully saturated rings. The average molecular weight is 488 g/mol. The maximum absolute atomic E-state index is 14.9. The maximum Gasteiger partial charge on any atom is 0.316 e. The average Bonchev–Trinajstić information content (AvgIpc) is 2.81. The van der Waals surface area contributed by atoms with Crippen molar-refractivity contribution in [1.82, 2.24) is 14.9 Å². The van der Waals surface area contributed by atoms with Crippen LogP contribution in [-0.2, 0) is 20.9 Å². The number of piperidine rings is 1. The van der Waals surface area contributed by atoms with E-state index in [2.05, 4.69) is 9.97 Å². The molecule has 4 N–H and O–H groups in total. The second-order valence-electron chi connectivity index (χ2n) is 9.00. The summed E-state index contributed by atoms with van der Waals surface area (Å²) in [4.78, 5) is 33.7. The molecular formula is C24H30FN5O5. The Hall–Kier alpha value is -3.60. The van der Waals surface area contributed by atoms with Crippen molar-refractivity contribution in [3.63, 3.8) is 0 Å². The number of likely N-dealkylation sites (tertiary alicyclic amines) is 1. The molecule has 0 atom stereocenters. The number of ether oxygens (including phenoxy) is 2. The summed E-state index contributed by atoms with van der Waals surface area (Å²) in [5, 5.41) is 17.0. The molecular weight excluding hydrogens is 457 g/mol. The summed E-state index contributed by atoms with van der Waals surface area (Å²) in [6.07, 6.45) is 4.05. The maximum atomic E-state index is 14.9. The number of nitrogens with one attached hydrogen (secondary N) is 1. The molecule has 0 radical (unpaired) electrons. The van der Waals surface area contributed by atoms with Crippen molar-refractivity contribution in [3.05, 3.63) is 42.0 Å². The fourth-order valence-electron chi connectivity index (χ4n) is 3.69. The number of aromatic nitrogens is 2. The van der Waals surface area contributed by atoms with E-state index in [9.17, 15) is 19.1 Å². The molecule has 11 heteroatoms. The fraction of sp³-hybridized carbons (Fsp3) is 0.458. The van der Waals surface area contributed by atoms with E-state index in [0.29, 0.717) is 25.3 Å². The monoisotopic (exact) mass is 487 g/mol. The SMILES string of the molecule is CC(C)(O)C(=O)N1CCC(COc2ncc(-c3cccc(COC(=O)CC(=N)N)c3F)cn2)CC1. The highest BCUT2D eigenvalue weighted by atomic mass is 19.1. The van der Waals surface area contributed by atoms with Crippen LogP contribution in [0.3, 0.4) is 0 Å². The summed E-state index contributed by atoms with van der Waals surface area (Å²) in [6, 6.07) is 4.86. The molecule has 1 aliphatic rings. The second kappa shape index (κ2) is 11.2. The zero-order valence-corrected chi connectivity index (χ0v) is 19.8. The van der Waals surface area contributed by atoms with Crippen LogP contribution in [0.2, 0.25) is 0 Å². The van der Waals surface area contributed by atoms with E-state index < -0.39 is 17.4 Å². The first kappa shape index (κ1) is 26.0. The van der Waals surface area contributed by atoms with Gasteiger partial charge in [0.1, 0.15) is 30.3 Å². The van der Waals surface area contributed by atoms with Gasteiger partial charge in [-0.15, -0.1) is 0 Å². The molecule has 1 aromatic carbocycles. The Kier molecular flexibility index (Phi) is 8.34. The molecule has 0 saturated carbocycles. The quantitative estimate of drug-likeness (QED) is 0.276. The number of hydrogen-bond donors (Lipinski definition) is 3. The standard InChI is InChI=1S/C24H30FN5O5/c1-24(2,33)22(32)30-8-6-15(7-9-30)13-35-23-28-11-17(12-29-23)18-5-3-4-16(21(18)25)14-34-20(31)10-19(26)27/h3-5,11-12,15,33H,6-10,13-14H2,1-2H3,(H3,26,27). The Morgan fingerprint density at radius 3 is 2.51 bits per heavy atom. The van der Waals surface area contributed by atoms with Gasteiger partial charge in [-0.3, -0.25) is 15.0 Å². The molecule has 2 heterocycles. The van der Waals surface area contributed by atoms with Gasteiger partial charge in [0.2, 0.25) is 0 Å². The number of rotatable bonds is 9. The predicted molar refractivity (Wildman–Crippen MR) is 125 cm³/mol. The lowest BCUT2D eigenvalue weighted by molar-refractivity contribution is -0.149. The number of halogens is 1. The van der Waals surface area contributed by atoms with Gasteiger partial charge in [0.15, 0.2) is 0 Å². The first-order chi connectivity index (χ1) is 16.5. The van der Waals surface area contributed by atoms with Gasteiger partial charge in [0.25, 0.3) is 5.91 Å². The number of benzene rings is 1. The van der Waals surface area contributed by atoms with Gasteiger partial charge >= 0.3 is 12.0 Å². The summed E-state index contributed by atoms with van der Waals surface area (Å²) in [5.41, 5.74) is 4.64. The summed E-state index contributed by atoms with van der Waals surface area (Å²) in [5.74, 6) is -1.64. The van der Waals surface area contributed by atoms with E-state index >= 15 is 0 Å². The third-order valence-corrected chi connectivity index (χ3v) is 5.61. The Bertz CT molecular complexity index is 1060. The number of aliphatic hydroxyl groups is 1. The number of carbonyl (C=O) groups is 2. The lowest BCUT2D eigenvalue weighted by atomic mass is 9.96. The number of carbonyl (C=O) groups excluding carboxylic acids is 2. The highest BCUT2D eigenvalue weighted by Gasteiger charge is 2.32. The van der Waals surface area contributed by atoms with E-state index in [1.807, 2.05) is 0 Å². The topological polar surface area (TPSA) is 152 Å². The molecule has 0 bridgehead atoms. The van der Waals surface area contributed by atoms with Crippen LogP contribution in [-0.4, -0.2) is 63.0 Å². The summed E-state index contributed by atoms with van der Waals surface area (Å²) >= 11 is 0. The number of nitrogens with two attached hydrogens (primary N) is 1. The van der Waals surface area contributed by atoms with Crippen LogP contribution in [0.5, 0.6) is 6.01 Å². The number of amidine groups is 1. The number of hydrogen-bond acceptors (Lipinski definition) is 8. The highest BCUT2D eigenvalue weighted by Crippen LogP contribution is 2.26. The van der Waals surface area contributed by atoms with Gasteiger partial charge in [-0.1, -0.05) is 18.2 Å². The largest absolute Gasteiger partial charge is 0.463 e. The van der Waals surface area contributed by atoms with Crippen LogP contribution < -0.4 is 10.5 Å². The minimum atomic E-state index is -1.38. The minimum absolute atomic E-state index is 0.165. The minimum Gasteiger partial charge on any atom is -0.463 e. The molecule has 1 aromatic heterocycles. The Labute approximate surface area is 202 Å². The van der Waals surface area contributed by atoms with Gasteiger partial charge in [0.05, 0.1) is 6.61 Å². The van der Waals surface area contributed by atoms with Crippen LogP contribution >= 0.6 is 0 Å². The highest BCUT2D eigenvalue weighted by molar-refractivity contribution is 5.94. The van der Waals surface area contributed by atoms with Crippen molar-refractivity contribution >= 4 is 17.7 Å². The van der Waals surface area contributed by atoms with E-state index in [1.165, 1.54) is 32.3 Å². The molecule has 3 rings (SSSR count). The zero-order chi connectivity index (χ0) is 25.6. The molecule has 0 spiro atoms. The summed E-state index contributed by atoms with van der Waals surface area (Å²) in [7, 11) is 0. The van der Waals surface area contributed by atoms with E-state index in [0.717, 1.165) is 12.8 Å². The van der Waals surface area contributed by atoms with Gasteiger partial charge < -0.3 is 25.2 Å². The molecule has 1 amide bonds. The molecule has 0 unspecified atom stereocenters. The van der Waals surface area contributed by atoms with Gasteiger partial charge in [-0.25, -0.2) is 14.4 Å². The smallest absolute Gasteiger partial charge is 0.316 e. The van der Waals surface area contributed by atoms with Gasteiger partial charge in [-0.2, -0.15) is 0 Å². The van der Waals surface area contributed by atoms with Crippen LogP contribution in [0.25, 0.3) is 11.1 Å². The van der Waals surface area contributed by atoms with Gasteiger partial charge in [0, 0.05) is 42.2 Å². The first-order valence-corrected chi connectivity index (χ1v) is 11.3. The molecule has 35 heavy (non-hydrogen) atoms. The third-order valence-electron chi connectivity index (χ3n) is 5.61. The Balaban J connectivity index is 1.54. The van der Waals surface area contributed by atoms with Crippen molar-refractivity contribution < 1.29 is 28.6 Å². The summed E-state index contributed by atoms with van der Waals surface area (Å²) < 4.78 is 25.6. The fourth-order valence-corrected chi connectivity index (χ4v) is 3.69. The van der Waals surface area contributed by atoms with E-state index in [-0.39, 0.29) is 47.8 Å². The van der Waals surface area contributed by atoms with Crippen LogP contribution in [0.4, 0.5) is 4.39 Å². The molecule has 1 aliphatic heterocycles. The number of nitrogens with zero attached hydrogens (tertiary/aromatic N) is 3. The second-order valence-corrected chi connectivity index (χ2v) is 9.00.